The fraction of sp³-hybridized carbons (Fsp3) is 0.700. The van der Waals surface area contributed by atoms with Crippen LogP contribution in [0.1, 0.15) is 13.3 Å². The van der Waals surface area contributed by atoms with E-state index in [-0.39, 0.29) is 6.42 Å². The number of aliphatic carboxylic acids is 3. The Morgan fingerprint density at radius 1 is 1.00 bits per heavy atom. The molecule has 0 aromatic rings. The standard InChI is InChI=1S/C10H12Br2O6/c1-3-2-10(11,12)6(9(17)18)5(8(15)16)4(3)7(13)14/h3-6H,2H2,1H3,(H,13,14)(H,15,16)(H,17,18). The summed E-state index contributed by atoms with van der Waals surface area (Å²) in [5.74, 6) is -8.55. The number of carbonyl (C=O) groups is 3. The Bertz CT molecular complexity index is 394. The Morgan fingerprint density at radius 2 is 1.44 bits per heavy atom. The largest absolute Gasteiger partial charge is 0.481 e. The molecule has 18 heavy (non-hydrogen) atoms. The third-order valence-electron chi connectivity index (χ3n) is 3.24. The van der Waals surface area contributed by atoms with Crippen LogP contribution >= 0.6 is 31.9 Å². The van der Waals surface area contributed by atoms with Crippen molar-refractivity contribution in [1.82, 2.24) is 0 Å². The third-order valence-corrected chi connectivity index (χ3v) is 4.88. The van der Waals surface area contributed by atoms with Crippen LogP contribution in [0.5, 0.6) is 0 Å². The van der Waals surface area contributed by atoms with E-state index in [2.05, 4.69) is 31.9 Å². The van der Waals surface area contributed by atoms with Gasteiger partial charge in [-0.3, -0.25) is 14.4 Å². The molecule has 102 valence electrons. The molecular weight excluding hydrogens is 376 g/mol. The van der Waals surface area contributed by atoms with E-state index < -0.39 is 44.8 Å². The van der Waals surface area contributed by atoms with Crippen LogP contribution in [0.15, 0.2) is 0 Å². The molecule has 3 N–H and O–H groups in total. The Kier molecular flexibility index (Phi) is 4.42. The first-order valence-electron chi connectivity index (χ1n) is 5.16. The van der Waals surface area contributed by atoms with E-state index >= 15 is 0 Å². The van der Waals surface area contributed by atoms with Crippen LogP contribution < -0.4 is 0 Å². The Balaban J connectivity index is 3.30. The van der Waals surface area contributed by atoms with Crippen molar-refractivity contribution < 1.29 is 29.7 Å². The maximum atomic E-state index is 11.2. The summed E-state index contributed by atoms with van der Waals surface area (Å²) in [7, 11) is 0. The topological polar surface area (TPSA) is 112 Å². The first kappa shape index (κ1) is 15.4. The van der Waals surface area contributed by atoms with Gasteiger partial charge >= 0.3 is 17.9 Å². The number of hydrogen-bond acceptors (Lipinski definition) is 3. The highest BCUT2D eigenvalue weighted by atomic mass is 79.9. The van der Waals surface area contributed by atoms with Crippen molar-refractivity contribution in [2.24, 2.45) is 23.7 Å². The Morgan fingerprint density at radius 3 is 1.78 bits per heavy atom. The third kappa shape index (κ3) is 2.69. The molecule has 1 aliphatic carbocycles. The number of carboxylic acids is 3. The molecule has 0 aromatic carbocycles. The predicted molar refractivity (Wildman–Crippen MR) is 67.7 cm³/mol. The fourth-order valence-electron chi connectivity index (χ4n) is 2.53. The van der Waals surface area contributed by atoms with E-state index in [0.29, 0.717) is 0 Å². The van der Waals surface area contributed by atoms with E-state index in [0.717, 1.165) is 0 Å². The van der Waals surface area contributed by atoms with Crippen molar-refractivity contribution >= 4 is 49.8 Å². The summed E-state index contributed by atoms with van der Waals surface area (Å²) in [5, 5.41) is 27.4. The van der Waals surface area contributed by atoms with Crippen LogP contribution in [0.4, 0.5) is 0 Å². The average Bonchev–Trinajstić information content (AvgIpc) is 2.12. The lowest BCUT2D eigenvalue weighted by Gasteiger charge is -2.43. The van der Waals surface area contributed by atoms with Crippen molar-refractivity contribution in [1.29, 1.82) is 0 Å². The highest BCUT2D eigenvalue weighted by Gasteiger charge is 2.58. The molecule has 0 bridgehead atoms. The minimum Gasteiger partial charge on any atom is -0.481 e. The molecule has 1 aliphatic rings. The summed E-state index contributed by atoms with van der Waals surface area (Å²) in [5.41, 5.74) is 0. The molecule has 1 fully saturated rings. The van der Waals surface area contributed by atoms with E-state index in [1.54, 1.807) is 6.92 Å². The molecular formula is C10H12Br2O6. The lowest BCUT2D eigenvalue weighted by molar-refractivity contribution is -0.167. The van der Waals surface area contributed by atoms with Gasteiger partial charge in [0, 0.05) is 0 Å². The van der Waals surface area contributed by atoms with Crippen LogP contribution in [-0.4, -0.2) is 36.5 Å². The maximum absolute atomic E-state index is 11.2. The van der Waals surface area contributed by atoms with Crippen molar-refractivity contribution in [3.63, 3.8) is 0 Å². The predicted octanol–water partition coefficient (Wildman–Crippen LogP) is 1.61. The lowest BCUT2D eigenvalue weighted by atomic mass is 9.67. The number of carboxylic acid groups (broad SMARTS) is 3. The monoisotopic (exact) mass is 386 g/mol. The molecule has 8 heteroatoms. The Labute approximate surface area is 120 Å². The van der Waals surface area contributed by atoms with Gasteiger partial charge in [-0.25, -0.2) is 0 Å². The minimum absolute atomic E-state index is 0.213. The highest BCUT2D eigenvalue weighted by Crippen LogP contribution is 2.52. The SMILES string of the molecule is CC1CC(Br)(Br)C(C(=O)O)C(C(=O)O)C1C(=O)O. The van der Waals surface area contributed by atoms with E-state index in [1.165, 1.54) is 0 Å². The second-order valence-corrected chi connectivity index (χ2v) is 8.38. The minimum atomic E-state index is -1.48. The van der Waals surface area contributed by atoms with Crippen molar-refractivity contribution in [2.75, 3.05) is 0 Å². The van der Waals surface area contributed by atoms with Crippen LogP contribution in [0.3, 0.4) is 0 Å². The molecule has 4 atom stereocenters. The summed E-state index contributed by atoms with van der Waals surface area (Å²) in [6.45, 7) is 1.60. The summed E-state index contributed by atoms with van der Waals surface area (Å²) in [6, 6.07) is 0. The first-order chi connectivity index (χ1) is 8.09. The molecule has 0 heterocycles. The van der Waals surface area contributed by atoms with Gasteiger partial charge < -0.3 is 15.3 Å². The molecule has 0 saturated heterocycles. The molecule has 0 radical (unpaired) electrons. The van der Waals surface area contributed by atoms with E-state index in [1.807, 2.05) is 0 Å². The lowest BCUT2D eigenvalue weighted by Crippen LogP contribution is -2.53. The van der Waals surface area contributed by atoms with Crippen LogP contribution in [0.25, 0.3) is 0 Å². The summed E-state index contributed by atoms with van der Waals surface area (Å²) in [4.78, 5) is 33.7. The van der Waals surface area contributed by atoms with Gasteiger partial charge in [0.25, 0.3) is 0 Å². The number of halogens is 2. The van der Waals surface area contributed by atoms with Gasteiger partial charge in [0.1, 0.15) is 0 Å². The van der Waals surface area contributed by atoms with Crippen LogP contribution in [0.2, 0.25) is 0 Å². The van der Waals surface area contributed by atoms with Gasteiger partial charge in [-0.1, -0.05) is 38.8 Å². The van der Waals surface area contributed by atoms with Crippen molar-refractivity contribution in [3.8, 4) is 0 Å². The molecule has 0 amide bonds. The smallest absolute Gasteiger partial charge is 0.309 e. The van der Waals surface area contributed by atoms with Gasteiger partial charge in [-0.2, -0.15) is 0 Å². The molecule has 0 aromatic heterocycles. The molecule has 1 saturated carbocycles. The van der Waals surface area contributed by atoms with E-state index in [4.69, 9.17) is 15.3 Å². The quantitative estimate of drug-likeness (QED) is 0.634. The molecule has 1 rings (SSSR count). The maximum Gasteiger partial charge on any atom is 0.309 e. The second kappa shape index (κ2) is 5.16. The number of alkyl halides is 2. The van der Waals surface area contributed by atoms with Gasteiger partial charge in [0.05, 0.1) is 21.0 Å². The van der Waals surface area contributed by atoms with Crippen LogP contribution in [-0.2, 0) is 14.4 Å². The fourth-order valence-corrected chi connectivity index (χ4v) is 4.52. The summed E-state index contributed by atoms with van der Waals surface area (Å²) >= 11 is 6.33. The second-order valence-electron chi connectivity index (χ2n) is 4.49. The van der Waals surface area contributed by atoms with Crippen LogP contribution in [0, 0.1) is 23.7 Å². The van der Waals surface area contributed by atoms with Gasteiger partial charge in [0.15, 0.2) is 0 Å². The molecule has 0 spiro atoms. The van der Waals surface area contributed by atoms with Crippen molar-refractivity contribution in [2.45, 2.75) is 16.6 Å². The Hall–Kier alpha value is -0.630. The summed E-state index contributed by atoms with van der Waals surface area (Å²) in [6.07, 6.45) is 0.213. The van der Waals surface area contributed by atoms with E-state index in [9.17, 15) is 14.4 Å². The molecule has 0 aliphatic heterocycles. The normalized spacial score (nSPS) is 34.8. The summed E-state index contributed by atoms with van der Waals surface area (Å²) < 4.78 is -1.11. The molecule has 6 nitrogen and oxygen atoms in total. The zero-order valence-electron chi connectivity index (χ0n) is 9.34. The zero-order chi connectivity index (χ0) is 14.2. The van der Waals surface area contributed by atoms with Gasteiger partial charge in [0.2, 0.25) is 0 Å². The average molecular weight is 388 g/mol. The van der Waals surface area contributed by atoms with Crippen molar-refractivity contribution in [3.05, 3.63) is 0 Å². The first-order valence-corrected chi connectivity index (χ1v) is 6.74. The highest BCUT2D eigenvalue weighted by molar-refractivity contribution is 9.25. The molecule has 4 unspecified atom stereocenters. The number of rotatable bonds is 3. The van der Waals surface area contributed by atoms with Gasteiger partial charge in [-0.15, -0.1) is 0 Å². The zero-order valence-corrected chi connectivity index (χ0v) is 12.5. The number of hydrogen-bond donors (Lipinski definition) is 3. The van der Waals surface area contributed by atoms with Gasteiger partial charge in [-0.05, 0) is 12.3 Å².